The Kier molecular flexibility index (Phi) is 6.84. The van der Waals surface area contributed by atoms with Crippen LogP contribution in [0, 0.1) is 6.92 Å². The summed E-state index contributed by atoms with van der Waals surface area (Å²) < 4.78 is 11.8. The molecule has 0 N–H and O–H groups in total. The molecule has 0 fully saturated rings. The smallest absolute Gasteiger partial charge is 0.344 e. The molecule has 0 radical (unpaired) electrons. The maximum Gasteiger partial charge on any atom is 0.344 e. The Bertz CT molecular complexity index is 1210. The van der Waals surface area contributed by atoms with Gasteiger partial charge in [-0.25, -0.2) is 9.78 Å². The first kappa shape index (κ1) is 22.7. The number of fused-ring (bicyclic) bond motifs is 3. The van der Waals surface area contributed by atoms with Crippen molar-refractivity contribution >= 4 is 29.3 Å². The molecule has 1 aromatic carbocycles. The van der Waals surface area contributed by atoms with Gasteiger partial charge >= 0.3 is 11.9 Å². The Morgan fingerprint density at radius 1 is 1.09 bits per heavy atom. The van der Waals surface area contributed by atoms with E-state index in [2.05, 4.69) is 9.97 Å². The van der Waals surface area contributed by atoms with E-state index in [-0.39, 0.29) is 13.0 Å². The summed E-state index contributed by atoms with van der Waals surface area (Å²) in [4.78, 5) is 37.8. The first-order valence-electron chi connectivity index (χ1n) is 10.6. The number of aryl methyl sites for hydroxylation is 1. The van der Waals surface area contributed by atoms with Crippen molar-refractivity contribution in [3.63, 3.8) is 0 Å². The molecule has 9 heteroatoms. The molecule has 0 aliphatic carbocycles. The summed E-state index contributed by atoms with van der Waals surface area (Å²) in [6.07, 6.45) is 3.85. The normalized spacial score (nSPS) is 14.5. The van der Waals surface area contributed by atoms with Crippen LogP contribution in [0.2, 0.25) is 5.02 Å². The second-order valence-corrected chi connectivity index (χ2v) is 7.85. The Balaban J connectivity index is 1.69. The molecule has 0 amide bonds. The number of ether oxygens (including phenoxy) is 2. The number of aromatic nitrogens is 3. The number of carbonyl (C=O) groups is 2. The topological polar surface area (TPSA) is 95.7 Å². The number of nitrogens with zero attached hydrogens (tertiary/aromatic N) is 4. The summed E-state index contributed by atoms with van der Waals surface area (Å²) in [6.45, 7) is 3.46. The van der Waals surface area contributed by atoms with Crippen LogP contribution in [0.5, 0.6) is 0 Å². The molecule has 8 nitrogen and oxygen atoms in total. The predicted molar refractivity (Wildman–Crippen MR) is 123 cm³/mol. The van der Waals surface area contributed by atoms with Gasteiger partial charge in [0.2, 0.25) is 0 Å². The van der Waals surface area contributed by atoms with Gasteiger partial charge in [0.05, 0.1) is 28.7 Å². The molecule has 1 aliphatic heterocycles. The first-order valence-corrected chi connectivity index (χ1v) is 11.0. The highest BCUT2D eigenvalue weighted by atomic mass is 35.5. The third-order valence-electron chi connectivity index (χ3n) is 5.20. The second-order valence-electron chi connectivity index (χ2n) is 7.44. The van der Waals surface area contributed by atoms with Gasteiger partial charge < -0.3 is 9.47 Å². The third kappa shape index (κ3) is 4.80. The maximum absolute atomic E-state index is 12.3. The number of pyridine rings is 1. The molecule has 170 valence electrons. The van der Waals surface area contributed by atoms with Crippen molar-refractivity contribution in [2.75, 3.05) is 13.2 Å². The van der Waals surface area contributed by atoms with Crippen LogP contribution in [0.4, 0.5) is 0 Å². The number of aliphatic imine (C=N–C) groups is 1. The number of benzene rings is 1. The maximum atomic E-state index is 12.3. The molecule has 3 heterocycles. The molecule has 0 saturated heterocycles. The van der Waals surface area contributed by atoms with E-state index in [0.717, 1.165) is 16.9 Å². The molecule has 0 bridgehead atoms. The molecule has 2 aromatic heterocycles. The van der Waals surface area contributed by atoms with Crippen LogP contribution in [-0.2, 0) is 19.1 Å². The summed E-state index contributed by atoms with van der Waals surface area (Å²) in [5.41, 5.74) is 3.87. The first-order chi connectivity index (χ1) is 16.0. The molecule has 3 aromatic rings. The van der Waals surface area contributed by atoms with Crippen molar-refractivity contribution in [1.82, 2.24) is 14.5 Å². The van der Waals surface area contributed by atoms with E-state index in [1.807, 2.05) is 47.9 Å². The molecule has 0 unspecified atom stereocenters. The highest BCUT2D eigenvalue weighted by molar-refractivity contribution is 6.33. The highest BCUT2D eigenvalue weighted by Crippen LogP contribution is 2.36. The minimum absolute atomic E-state index is 0.0546. The molecule has 0 saturated carbocycles. The van der Waals surface area contributed by atoms with Crippen molar-refractivity contribution in [1.29, 1.82) is 0 Å². The Labute approximate surface area is 196 Å². The quantitative estimate of drug-likeness (QED) is 0.488. The number of para-hydroxylation sites is 1. The van der Waals surface area contributed by atoms with Gasteiger partial charge in [0.1, 0.15) is 11.9 Å². The van der Waals surface area contributed by atoms with Crippen LogP contribution in [0.15, 0.2) is 53.8 Å². The summed E-state index contributed by atoms with van der Waals surface area (Å²) in [5, 5.41) is 0.563. The molecular weight excluding hydrogens is 444 g/mol. The van der Waals surface area contributed by atoms with Gasteiger partial charge in [-0.15, -0.1) is 0 Å². The minimum Gasteiger partial charge on any atom is -0.463 e. The van der Waals surface area contributed by atoms with Gasteiger partial charge in [-0.1, -0.05) is 29.8 Å². The highest BCUT2D eigenvalue weighted by Gasteiger charge is 2.29. The minimum atomic E-state index is -0.577. The fourth-order valence-electron chi connectivity index (χ4n) is 3.77. The van der Waals surface area contributed by atoms with Crippen molar-refractivity contribution in [2.24, 2.45) is 4.99 Å². The van der Waals surface area contributed by atoms with Crippen LogP contribution in [-0.4, -0.2) is 45.4 Å². The number of imidazole rings is 1. The standard InChI is InChI=1S/C24H23ClN4O4/c1-3-32-21(31)14-33-20(30)11-10-19-24-27-13-15(2)29(24)23-16(7-6-8-17(23)25)22(28-19)18-9-4-5-12-26-18/h4-9,12-13,19H,3,10-11,14H2,1-2H3/t19-/m0/s1. The molecule has 1 atom stereocenters. The SMILES string of the molecule is CCOC(=O)COC(=O)CC[C@@H]1N=C(c2ccccn2)c2cccc(Cl)c2-n2c(C)cnc21. The predicted octanol–water partition coefficient (Wildman–Crippen LogP) is 4.01. The molecule has 4 rings (SSSR count). The fourth-order valence-corrected chi connectivity index (χ4v) is 4.03. The van der Waals surface area contributed by atoms with E-state index in [1.165, 1.54) is 0 Å². The lowest BCUT2D eigenvalue weighted by Gasteiger charge is -2.15. The largest absolute Gasteiger partial charge is 0.463 e. The third-order valence-corrected chi connectivity index (χ3v) is 5.50. The van der Waals surface area contributed by atoms with Crippen LogP contribution in [0.1, 0.15) is 48.6 Å². The number of esters is 2. The van der Waals surface area contributed by atoms with Gasteiger partial charge in [-0.2, -0.15) is 0 Å². The zero-order chi connectivity index (χ0) is 23.4. The number of halogens is 1. The van der Waals surface area contributed by atoms with Crippen LogP contribution < -0.4 is 0 Å². The molecular formula is C24H23ClN4O4. The van der Waals surface area contributed by atoms with Crippen molar-refractivity contribution < 1.29 is 19.1 Å². The van der Waals surface area contributed by atoms with Crippen molar-refractivity contribution in [2.45, 2.75) is 32.7 Å². The number of hydrogen-bond donors (Lipinski definition) is 0. The monoisotopic (exact) mass is 466 g/mol. The summed E-state index contributed by atoms with van der Waals surface area (Å²) >= 11 is 6.65. The van der Waals surface area contributed by atoms with Gasteiger partial charge in [-0.05, 0) is 38.5 Å². The van der Waals surface area contributed by atoms with Crippen molar-refractivity contribution in [3.8, 4) is 5.69 Å². The van der Waals surface area contributed by atoms with E-state index < -0.39 is 24.6 Å². The van der Waals surface area contributed by atoms with E-state index in [9.17, 15) is 9.59 Å². The van der Waals surface area contributed by atoms with Crippen LogP contribution >= 0.6 is 11.6 Å². The Hall–Kier alpha value is -3.52. The van der Waals surface area contributed by atoms with E-state index in [1.54, 1.807) is 19.3 Å². The van der Waals surface area contributed by atoms with Crippen LogP contribution in [0.25, 0.3) is 5.69 Å². The average molecular weight is 467 g/mol. The summed E-state index contributed by atoms with van der Waals surface area (Å²) in [7, 11) is 0. The van der Waals surface area contributed by atoms with E-state index in [0.29, 0.717) is 28.7 Å². The number of rotatable bonds is 7. The van der Waals surface area contributed by atoms with Crippen molar-refractivity contribution in [3.05, 3.63) is 76.6 Å². The van der Waals surface area contributed by atoms with E-state index in [4.69, 9.17) is 26.1 Å². The number of carbonyl (C=O) groups excluding carboxylic acids is 2. The van der Waals surface area contributed by atoms with Gasteiger partial charge in [0.25, 0.3) is 0 Å². The zero-order valence-corrected chi connectivity index (χ0v) is 19.1. The van der Waals surface area contributed by atoms with E-state index >= 15 is 0 Å². The average Bonchev–Trinajstić information content (AvgIpc) is 3.12. The lowest BCUT2D eigenvalue weighted by atomic mass is 10.0. The second kappa shape index (κ2) is 9.95. The number of hydrogen-bond acceptors (Lipinski definition) is 7. The molecule has 1 aliphatic rings. The lowest BCUT2D eigenvalue weighted by molar-refractivity contribution is -0.158. The molecule has 0 spiro atoms. The zero-order valence-electron chi connectivity index (χ0n) is 18.3. The molecule has 33 heavy (non-hydrogen) atoms. The summed E-state index contributed by atoms with van der Waals surface area (Å²) in [5.74, 6) is -0.412. The fraction of sp³-hybridized carbons (Fsp3) is 0.292. The van der Waals surface area contributed by atoms with Gasteiger partial charge in [-0.3, -0.25) is 19.3 Å². The Morgan fingerprint density at radius 2 is 1.94 bits per heavy atom. The van der Waals surface area contributed by atoms with Crippen LogP contribution in [0.3, 0.4) is 0 Å². The Morgan fingerprint density at radius 3 is 2.70 bits per heavy atom. The van der Waals surface area contributed by atoms with Gasteiger partial charge in [0.15, 0.2) is 6.61 Å². The van der Waals surface area contributed by atoms with Gasteiger partial charge in [0, 0.05) is 30.1 Å². The summed E-state index contributed by atoms with van der Waals surface area (Å²) in [6, 6.07) is 10.8. The lowest BCUT2D eigenvalue weighted by Crippen LogP contribution is -2.17.